The molecule has 0 saturated heterocycles. The van der Waals surface area contributed by atoms with E-state index in [1.807, 2.05) is 0 Å². The maximum Gasteiger partial charge on any atom is 0.271 e. The van der Waals surface area contributed by atoms with Crippen LogP contribution in [0.25, 0.3) is 0 Å². The SMILES string of the molecule is COCCn1nc(C(=O)NC(CN)C2CCCCC2)ccc1=O.Cl. The number of nitrogens with one attached hydrogen (secondary N) is 1. The largest absolute Gasteiger partial charge is 0.383 e. The number of ether oxygens (including phenoxy) is 1. The predicted molar refractivity (Wildman–Crippen MR) is 94.5 cm³/mol. The van der Waals surface area contributed by atoms with Gasteiger partial charge in [0.25, 0.3) is 11.5 Å². The van der Waals surface area contributed by atoms with E-state index in [1.54, 1.807) is 7.11 Å². The average molecular weight is 359 g/mol. The molecule has 0 aromatic carbocycles. The van der Waals surface area contributed by atoms with Crippen LogP contribution in [0.1, 0.15) is 42.6 Å². The van der Waals surface area contributed by atoms with Crippen molar-refractivity contribution in [3.8, 4) is 0 Å². The van der Waals surface area contributed by atoms with Crippen LogP contribution in [0.3, 0.4) is 0 Å². The van der Waals surface area contributed by atoms with Crippen LogP contribution in [0, 0.1) is 5.92 Å². The van der Waals surface area contributed by atoms with Crippen molar-refractivity contribution in [3.63, 3.8) is 0 Å². The second-order valence-electron chi connectivity index (χ2n) is 5.99. The van der Waals surface area contributed by atoms with Crippen molar-refractivity contribution < 1.29 is 9.53 Å². The molecule has 7 nitrogen and oxygen atoms in total. The molecule has 0 bridgehead atoms. The molecule has 1 aliphatic carbocycles. The van der Waals surface area contributed by atoms with Crippen molar-refractivity contribution in [2.45, 2.75) is 44.7 Å². The summed E-state index contributed by atoms with van der Waals surface area (Å²) >= 11 is 0. The minimum absolute atomic E-state index is 0. The van der Waals surface area contributed by atoms with Crippen LogP contribution in [-0.2, 0) is 11.3 Å². The van der Waals surface area contributed by atoms with Crippen molar-refractivity contribution in [2.75, 3.05) is 20.3 Å². The number of nitrogens with two attached hydrogens (primary N) is 1. The number of carbonyl (C=O) groups excluding carboxylic acids is 1. The van der Waals surface area contributed by atoms with Crippen molar-refractivity contribution >= 4 is 18.3 Å². The molecule has 3 N–H and O–H groups in total. The van der Waals surface area contributed by atoms with Gasteiger partial charge in [-0.2, -0.15) is 5.10 Å². The molecule has 1 aliphatic rings. The summed E-state index contributed by atoms with van der Waals surface area (Å²) in [4.78, 5) is 24.1. The zero-order valence-corrected chi connectivity index (χ0v) is 14.9. The van der Waals surface area contributed by atoms with E-state index in [-0.39, 0.29) is 35.6 Å². The summed E-state index contributed by atoms with van der Waals surface area (Å²) in [6.07, 6.45) is 5.84. The van der Waals surface area contributed by atoms with E-state index < -0.39 is 0 Å². The normalized spacial score (nSPS) is 16.2. The molecule has 1 fully saturated rings. The molecule has 1 amide bonds. The van der Waals surface area contributed by atoms with Gasteiger partial charge in [-0.25, -0.2) is 4.68 Å². The van der Waals surface area contributed by atoms with Crippen LogP contribution < -0.4 is 16.6 Å². The van der Waals surface area contributed by atoms with Crippen LogP contribution in [0.4, 0.5) is 0 Å². The first-order chi connectivity index (χ1) is 11.2. The van der Waals surface area contributed by atoms with Crippen molar-refractivity contribution in [2.24, 2.45) is 11.7 Å². The van der Waals surface area contributed by atoms with Gasteiger partial charge < -0.3 is 15.8 Å². The van der Waals surface area contributed by atoms with Crippen LogP contribution in [0.15, 0.2) is 16.9 Å². The number of nitrogens with zero attached hydrogens (tertiary/aromatic N) is 2. The second-order valence-corrected chi connectivity index (χ2v) is 5.99. The number of hydrogen-bond acceptors (Lipinski definition) is 5. The van der Waals surface area contributed by atoms with E-state index >= 15 is 0 Å². The van der Waals surface area contributed by atoms with Crippen LogP contribution in [0.5, 0.6) is 0 Å². The molecule has 136 valence electrons. The lowest BCUT2D eigenvalue weighted by Crippen LogP contribution is -2.46. The molecule has 1 unspecified atom stereocenters. The summed E-state index contributed by atoms with van der Waals surface area (Å²) < 4.78 is 6.19. The van der Waals surface area contributed by atoms with Crippen molar-refractivity contribution in [1.82, 2.24) is 15.1 Å². The fourth-order valence-electron chi connectivity index (χ4n) is 3.06. The Morgan fingerprint density at radius 2 is 2.12 bits per heavy atom. The average Bonchev–Trinajstić information content (AvgIpc) is 2.59. The topological polar surface area (TPSA) is 99.2 Å². The lowest BCUT2D eigenvalue weighted by molar-refractivity contribution is 0.0906. The van der Waals surface area contributed by atoms with Crippen LogP contribution >= 0.6 is 12.4 Å². The molecule has 2 rings (SSSR count). The Morgan fingerprint density at radius 3 is 2.75 bits per heavy atom. The van der Waals surface area contributed by atoms with E-state index in [1.165, 1.54) is 36.1 Å². The van der Waals surface area contributed by atoms with Gasteiger partial charge in [-0.1, -0.05) is 19.3 Å². The van der Waals surface area contributed by atoms with Gasteiger partial charge in [-0.3, -0.25) is 9.59 Å². The number of aromatic nitrogens is 2. The van der Waals surface area contributed by atoms with Crippen LogP contribution in [-0.4, -0.2) is 42.0 Å². The van der Waals surface area contributed by atoms with E-state index in [0.29, 0.717) is 25.6 Å². The van der Waals surface area contributed by atoms with Gasteiger partial charge in [0.05, 0.1) is 13.2 Å². The lowest BCUT2D eigenvalue weighted by Gasteiger charge is -2.29. The molecule has 0 radical (unpaired) electrons. The van der Waals surface area contributed by atoms with Gasteiger partial charge >= 0.3 is 0 Å². The highest BCUT2D eigenvalue weighted by Crippen LogP contribution is 2.26. The zero-order valence-electron chi connectivity index (χ0n) is 14.1. The monoisotopic (exact) mass is 358 g/mol. The first-order valence-corrected chi connectivity index (χ1v) is 8.23. The molecular weight excluding hydrogens is 332 g/mol. The minimum atomic E-state index is -0.280. The highest BCUT2D eigenvalue weighted by Gasteiger charge is 2.24. The lowest BCUT2D eigenvalue weighted by atomic mass is 9.84. The zero-order chi connectivity index (χ0) is 16.7. The Labute approximate surface area is 148 Å². The number of rotatable bonds is 7. The molecule has 8 heteroatoms. The molecule has 0 spiro atoms. The first-order valence-electron chi connectivity index (χ1n) is 8.23. The van der Waals surface area contributed by atoms with E-state index in [0.717, 1.165) is 12.8 Å². The molecule has 1 heterocycles. The standard InChI is InChI=1S/C16H26N4O3.ClH/c1-23-10-9-20-15(21)8-7-13(19-20)16(22)18-14(11-17)12-5-3-2-4-6-12;/h7-8,12,14H,2-6,9-11,17H2,1H3,(H,18,22);1H. The van der Waals surface area contributed by atoms with Crippen molar-refractivity contribution in [3.05, 3.63) is 28.2 Å². The quantitative estimate of drug-likeness (QED) is 0.756. The molecular formula is C16H27ClN4O3. The van der Waals surface area contributed by atoms with Crippen molar-refractivity contribution in [1.29, 1.82) is 0 Å². The third-order valence-corrected chi connectivity index (χ3v) is 4.40. The van der Waals surface area contributed by atoms with Gasteiger partial charge in [0.1, 0.15) is 5.69 Å². The van der Waals surface area contributed by atoms with Gasteiger partial charge in [-0.15, -0.1) is 12.4 Å². The minimum Gasteiger partial charge on any atom is -0.383 e. The first kappa shape index (κ1) is 20.6. The summed E-state index contributed by atoms with van der Waals surface area (Å²) in [6, 6.07) is 2.77. The summed E-state index contributed by atoms with van der Waals surface area (Å²) in [7, 11) is 1.55. The van der Waals surface area contributed by atoms with E-state index in [9.17, 15) is 9.59 Å². The molecule has 0 aliphatic heterocycles. The Bertz CT molecular complexity index is 573. The van der Waals surface area contributed by atoms with E-state index in [2.05, 4.69) is 10.4 Å². The van der Waals surface area contributed by atoms with Crippen LogP contribution in [0.2, 0.25) is 0 Å². The Hall–Kier alpha value is -1.44. The predicted octanol–water partition coefficient (Wildman–Crippen LogP) is 0.949. The highest BCUT2D eigenvalue weighted by atomic mass is 35.5. The number of carbonyl (C=O) groups is 1. The molecule has 1 aromatic rings. The number of amides is 1. The fourth-order valence-corrected chi connectivity index (χ4v) is 3.06. The van der Waals surface area contributed by atoms with Gasteiger partial charge in [0.2, 0.25) is 0 Å². The fraction of sp³-hybridized carbons (Fsp3) is 0.688. The molecule has 24 heavy (non-hydrogen) atoms. The maximum absolute atomic E-state index is 12.4. The third kappa shape index (κ3) is 5.58. The Kier molecular flexibility index (Phi) is 8.95. The molecule has 1 saturated carbocycles. The molecule has 1 atom stereocenters. The summed E-state index contributed by atoms with van der Waals surface area (Å²) in [5.41, 5.74) is 5.83. The Balaban J connectivity index is 0.00000288. The number of halogens is 1. The maximum atomic E-state index is 12.4. The summed E-state index contributed by atoms with van der Waals surface area (Å²) in [5, 5.41) is 7.10. The summed E-state index contributed by atoms with van der Waals surface area (Å²) in [5.74, 6) is 0.147. The van der Waals surface area contributed by atoms with Gasteiger partial charge in [0.15, 0.2) is 0 Å². The molecule has 1 aromatic heterocycles. The van der Waals surface area contributed by atoms with Gasteiger partial charge in [0, 0.05) is 25.8 Å². The smallest absolute Gasteiger partial charge is 0.271 e. The Morgan fingerprint density at radius 1 is 1.42 bits per heavy atom. The third-order valence-electron chi connectivity index (χ3n) is 4.40. The number of hydrogen-bond donors (Lipinski definition) is 2. The van der Waals surface area contributed by atoms with Gasteiger partial charge in [-0.05, 0) is 24.8 Å². The van der Waals surface area contributed by atoms with E-state index in [4.69, 9.17) is 10.5 Å². The number of methoxy groups -OCH3 is 1. The summed E-state index contributed by atoms with van der Waals surface area (Å²) in [6.45, 7) is 1.10. The second kappa shape index (κ2) is 10.4. The highest BCUT2D eigenvalue weighted by molar-refractivity contribution is 5.92.